The van der Waals surface area contributed by atoms with E-state index in [9.17, 15) is 4.79 Å². The Morgan fingerprint density at radius 1 is 0.969 bits per heavy atom. The van der Waals surface area contributed by atoms with Crippen molar-refractivity contribution in [3.8, 4) is 11.5 Å². The quantitative estimate of drug-likeness (QED) is 0.642. The Morgan fingerprint density at radius 3 is 2.50 bits per heavy atom. The molecule has 1 saturated heterocycles. The van der Waals surface area contributed by atoms with Crippen LogP contribution < -0.4 is 9.47 Å². The molecule has 0 aromatic heterocycles. The van der Waals surface area contributed by atoms with E-state index >= 15 is 0 Å². The first-order chi connectivity index (χ1) is 15.3. The van der Waals surface area contributed by atoms with Crippen LogP contribution in [0.25, 0.3) is 6.08 Å². The number of halogens is 1. The number of carbonyl (C=O) groups is 1. The molecule has 0 aliphatic carbocycles. The van der Waals surface area contributed by atoms with Gasteiger partial charge >= 0.3 is 0 Å². The van der Waals surface area contributed by atoms with Crippen LogP contribution in [-0.2, 0) is 4.79 Å². The van der Waals surface area contributed by atoms with Crippen LogP contribution in [-0.4, -0.2) is 65.3 Å². The Bertz CT molecular complexity index is 1070. The van der Waals surface area contributed by atoms with Crippen molar-refractivity contribution in [3.63, 3.8) is 0 Å². The maximum Gasteiger partial charge on any atom is 0.246 e. The normalized spacial score (nSPS) is 17.6. The van der Waals surface area contributed by atoms with Gasteiger partial charge in [0.15, 0.2) is 16.7 Å². The highest BCUT2D eigenvalue weighted by atomic mass is 35.5. The second-order valence-corrected chi connectivity index (χ2v) is 8.28. The minimum atomic E-state index is 0. The van der Waals surface area contributed by atoms with Crippen molar-refractivity contribution in [2.24, 2.45) is 10.2 Å². The summed E-state index contributed by atoms with van der Waals surface area (Å²) in [6.07, 6.45) is 3.44. The van der Waals surface area contributed by atoms with Gasteiger partial charge in [-0.2, -0.15) is 5.10 Å². The fourth-order valence-corrected chi connectivity index (χ4v) is 4.58. The van der Waals surface area contributed by atoms with E-state index in [1.165, 1.54) is 0 Å². The van der Waals surface area contributed by atoms with Crippen molar-refractivity contribution in [2.45, 2.75) is 0 Å². The average molecular weight is 471 g/mol. The number of amidine groups is 1. The van der Waals surface area contributed by atoms with Crippen LogP contribution in [0.3, 0.4) is 0 Å². The maximum atomic E-state index is 12.6. The zero-order chi connectivity index (χ0) is 21.0. The second-order valence-electron chi connectivity index (χ2n) is 7.34. The lowest BCUT2D eigenvalue weighted by Crippen LogP contribution is -2.50. The summed E-state index contributed by atoms with van der Waals surface area (Å²) in [7, 11) is 0. The van der Waals surface area contributed by atoms with Crippen LogP contribution in [0.5, 0.6) is 11.5 Å². The van der Waals surface area contributed by atoms with E-state index < -0.39 is 0 Å². The van der Waals surface area contributed by atoms with Gasteiger partial charge in [-0.25, -0.2) is 0 Å². The highest BCUT2D eigenvalue weighted by Gasteiger charge is 2.24. The first-order valence-electron chi connectivity index (χ1n) is 10.2. The van der Waals surface area contributed by atoms with Crippen LogP contribution in [0.2, 0.25) is 0 Å². The molecule has 2 aromatic rings. The summed E-state index contributed by atoms with van der Waals surface area (Å²) in [6.45, 7) is 3.09. The number of rotatable bonds is 3. The lowest BCUT2D eigenvalue weighted by atomic mass is 10.1. The molecule has 2 aromatic carbocycles. The molecule has 0 bridgehead atoms. The molecule has 7 nitrogen and oxygen atoms in total. The predicted molar refractivity (Wildman–Crippen MR) is 130 cm³/mol. The van der Waals surface area contributed by atoms with Gasteiger partial charge in [-0.3, -0.25) is 4.79 Å². The zero-order valence-corrected chi connectivity index (χ0v) is 19.0. The number of benzene rings is 2. The molecule has 32 heavy (non-hydrogen) atoms. The van der Waals surface area contributed by atoms with E-state index in [1.807, 2.05) is 47.4 Å². The summed E-state index contributed by atoms with van der Waals surface area (Å²) < 4.78 is 10.7. The van der Waals surface area contributed by atoms with E-state index in [2.05, 4.69) is 27.2 Å². The Kier molecular flexibility index (Phi) is 7.02. The molecule has 0 saturated carbocycles. The molecule has 3 aliphatic rings. The molecule has 1 amide bonds. The highest BCUT2D eigenvalue weighted by Crippen LogP contribution is 2.32. The predicted octanol–water partition coefficient (Wildman–Crippen LogP) is 3.50. The Labute approximate surface area is 197 Å². The maximum absolute atomic E-state index is 12.6. The second kappa shape index (κ2) is 10.1. The van der Waals surface area contributed by atoms with Gasteiger partial charge in [0.1, 0.15) is 0 Å². The van der Waals surface area contributed by atoms with Crippen LogP contribution in [0.1, 0.15) is 11.1 Å². The first kappa shape index (κ1) is 22.2. The summed E-state index contributed by atoms with van der Waals surface area (Å²) in [5, 5.41) is 9.80. The largest absolute Gasteiger partial charge is 0.454 e. The van der Waals surface area contributed by atoms with Gasteiger partial charge in [-0.15, -0.1) is 17.5 Å². The van der Waals surface area contributed by atoms with E-state index in [0.717, 1.165) is 46.6 Å². The summed E-state index contributed by atoms with van der Waals surface area (Å²) >= 11 is 1.71. The third-order valence-electron chi connectivity index (χ3n) is 5.38. The van der Waals surface area contributed by atoms with E-state index in [0.29, 0.717) is 18.8 Å². The topological polar surface area (TPSA) is 66.7 Å². The minimum Gasteiger partial charge on any atom is -0.454 e. The molecule has 3 aliphatic heterocycles. The molecule has 166 valence electrons. The molecule has 3 heterocycles. The van der Waals surface area contributed by atoms with Crippen LogP contribution in [0, 0.1) is 0 Å². The van der Waals surface area contributed by atoms with Crippen LogP contribution in [0.15, 0.2) is 64.8 Å². The minimum absolute atomic E-state index is 0. The Hall–Kier alpha value is -2.97. The number of hydrogen-bond acceptors (Lipinski definition) is 7. The van der Waals surface area contributed by atoms with Gasteiger partial charge < -0.3 is 19.3 Å². The SMILES string of the molecule is Cl.O=C(C=Cc1ccc2c(c1)OCO2)N1CCN(C2=NN=C(c3ccccc3)CS2)CC1. The molecular formula is C23H23ClN4O3S. The molecule has 0 radical (unpaired) electrons. The lowest BCUT2D eigenvalue weighted by Gasteiger charge is -2.35. The molecule has 5 rings (SSSR count). The number of ether oxygens (including phenoxy) is 2. The van der Waals surface area contributed by atoms with Crippen molar-refractivity contribution in [3.05, 3.63) is 65.7 Å². The standard InChI is InChI=1S/C23H22N4O3S.ClH/c28-22(9-7-17-6-8-20-21(14-17)30-16-29-20)26-10-12-27(13-11-26)23-25-24-19(15-31-23)18-4-2-1-3-5-18;/h1-9,14H,10-13,15-16H2;1H. The van der Waals surface area contributed by atoms with Crippen molar-refractivity contribution in [2.75, 3.05) is 38.7 Å². The van der Waals surface area contributed by atoms with E-state index in [-0.39, 0.29) is 25.1 Å². The molecule has 0 atom stereocenters. The summed E-state index contributed by atoms with van der Waals surface area (Å²) in [4.78, 5) is 16.7. The molecule has 0 N–H and O–H groups in total. The van der Waals surface area contributed by atoms with E-state index in [4.69, 9.17) is 9.47 Å². The van der Waals surface area contributed by atoms with Crippen molar-refractivity contribution < 1.29 is 14.3 Å². The number of carbonyl (C=O) groups excluding carboxylic acids is 1. The number of nitrogens with zero attached hydrogens (tertiary/aromatic N) is 4. The summed E-state index contributed by atoms with van der Waals surface area (Å²) in [6, 6.07) is 15.8. The third kappa shape index (κ3) is 4.92. The fraction of sp³-hybridized carbons (Fsp3) is 0.261. The summed E-state index contributed by atoms with van der Waals surface area (Å²) in [5.41, 5.74) is 3.02. The van der Waals surface area contributed by atoms with Gasteiger partial charge in [0, 0.05) is 38.0 Å². The molecule has 0 unspecified atom stereocenters. The molecular weight excluding hydrogens is 448 g/mol. The van der Waals surface area contributed by atoms with Crippen molar-refractivity contribution in [1.82, 2.24) is 9.80 Å². The smallest absolute Gasteiger partial charge is 0.246 e. The average Bonchev–Trinajstić information content (AvgIpc) is 3.31. The third-order valence-corrected chi connectivity index (χ3v) is 6.39. The molecule has 9 heteroatoms. The lowest BCUT2D eigenvalue weighted by molar-refractivity contribution is -0.127. The van der Waals surface area contributed by atoms with Crippen molar-refractivity contribution >= 4 is 47.0 Å². The van der Waals surface area contributed by atoms with Gasteiger partial charge in [0.25, 0.3) is 0 Å². The van der Waals surface area contributed by atoms with Gasteiger partial charge in [-0.05, 0) is 29.3 Å². The first-order valence-corrected chi connectivity index (χ1v) is 11.2. The Morgan fingerprint density at radius 2 is 1.75 bits per heavy atom. The molecule has 0 spiro atoms. The van der Waals surface area contributed by atoms with Gasteiger partial charge in [-0.1, -0.05) is 48.2 Å². The molecule has 1 fully saturated rings. The number of thioether (sulfide) groups is 1. The highest BCUT2D eigenvalue weighted by molar-refractivity contribution is 8.14. The number of hydrogen-bond donors (Lipinski definition) is 0. The van der Waals surface area contributed by atoms with Crippen LogP contribution >= 0.6 is 24.2 Å². The van der Waals surface area contributed by atoms with Crippen molar-refractivity contribution in [1.29, 1.82) is 0 Å². The fourth-order valence-electron chi connectivity index (χ4n) is 3.63. The van der Waals surface area contributed by atoms with Gasteiger partial charge in [0.05, 0.1) is 5.71 Å². The van der Waals surface area contributed by atoms with E-state index in [1.54, 1.807) is 17.8 Å². The number of amides is 1. The Balaban J connectivity index is 0.00000245. The van der Waals surface area contributed by atoms with Gasteiger partial charge in [0.2, 0.25) is 12.7 Å². The monoisotopic (exact) mass is 470 g/mol. The number of piperazine rings is 1. The summed E-state index contributed by atoms with van der Waals surface area (Å²) in [5.74, 6) is 2.27. The van der Waals surface area contributed by atoms with Crippen LogP contribution in [0.4, 0.5) is 0 Å². The number of fused-ring (bicyclic) bond motifs is 1. The zero-order valence-electron chi connectivity index (χ0n) is 17.3.